The molecule has 8 heteroatoms. The zero-order valence-corrected chi connectivity index (χ0v) is 16.3. The molecule has 0 aromatic carbocycles. The Morgan fingerprint density at radius 1 is 0.700 bits per heavy atom. The van der Waals surface area contributed by atoms with E-state index in [1.807, 2.05) is 21.6 Å². The summed E-state index contributed by atoms with van der Waals surface area (Å²) in [6.45, 7) is 4.62. The van der Waals surface area contributed by atoms with Gasteiger partial charge in [-0.15, -0.1) is 0 Å². The van der Waals surface area contributed by atoms with E-state index in [4.69, 9.17) is 24.4 Å². The molecule has 2 nitrogen and oxygen atoms in total. The fraction of sp³-hybridized carbons (Fsp3) is 0.833. The number of rotatable bonds is 5. The predicted molar refractivity (Wildman–Crippen MR) is 107 cm³/mol. The molecule has 0 spiro atoms. The molecule has 2 saturated heterocycles. The Hall–Kier alpha value is 1.18. The summed E-state index contributed by atoms with van der Waals surface area (Å²) in [6, 6.07) is 0. The zero-order chi connectivity index (χ0) is 14.2. The van der Waals surface area contributed by atoms with E-state index in [2.05, 4.69) is 9.80 Å². The number of hydrogen-bond donors (Lipinski definition) is 0. The second-order valence-corrected chi connectivity index (χ2v) is 10.8. The fourth-order valence-corrected chi connectivity index (χ4v) is 7.84. The molecule has 2 aliphatic rings. The monoisotopic (exact) mass is 384 g/mol. The van der Waals surface area contributed by atoms with Crippen LogP contribution in [-0.2, 0) is 0 Å². The molecule has 0 atom stereocenters. The van der Waals surface area contributed by atoms with Gasteiger partial charge < -0.3 is 9.80 Å². The lowest BCUT2D eigenvalue weighted by atomic mass is 10.4. The van der Waals surface area contributed by atoms with Gasteiger partial charge in [0.1, 0.15) is 8.64 Å². The lowest BCUT2D eigenvalue weighted by Gasteiger charge is -2.17. The molecule has 0 N–H and O–H groups in total. The maximum atomic E-state index is 5.43. The van der Waals surface area contributed by atoms with Gasteiger partial charge in [-0.3, -0.25) is 0 Å². The second kappa shape index (κ2) is 10.0. The van der Waals surface area contributed by atoms with Gasteiger partial charge in [-0.25, -0.2) is 0 Å². The standard InChI is InChI=1S/C12H20N2S6/c15-11(13-5-1-2-6-13)19-17-9-10-18-20-12(16)14-7-3-4-8-14/h1-10H2. The van der Waals surface area contributed by atoms with Gasteiger partial charge in [-0.05, 0) is 47.3 Å². The Balaban J connectivity index is 1.45. The Kier molecular flexibility index (Phi) is 8.81. The predicted octanol–water partition coefficient (Wildman–Crippen LogP) is 4.51. The normalized spacial score (nSPS) is 18.8. The third-order valence-corrected chi connectivity index (χ3v) is 9.58. The SMILES string of the molecule is S=C(SSCCSSC(=S)N1CCCC1)N1CCCC1. The van der Waals surface area contributed by atoms with Crippen LogP contribution in [-0.4, -0.2) is 56.1 Å². The largest absolute Gasteiger partial charge is 0.357 e. The van der Waals surface area contributed by atoms with Crippen LogP contribution in [0.2, 0.25) is 0 Å². The van der Waals surface area contributed by atoms with Crippen LogP contribution in [0.5, 0.6) is 0 Å². The highest BCUT2D eigenvalue weighted by atomic mass is 33.1. The lowest BCUT2D eigenvalue weighted by Crippen LogP contribution is -2.22. The first kappa shape index (κ1) is 17.5. The van der Waals surface area contributed by atoms with Gasteiger partial charge >= 0.3 is 0 Å². The number of likely N-dealkylation sites (tertiary alicyclic amines) is 2. The first-order valence-electron chi connectivity index (χ1n) is 6.94. The Morgan fingerprint density at radius 2 is 1.05 bits per heavy atom. The molecule has 0 bridgehead atoms. The van der Waals surface area contributed by atoms with Crippen molar-refractivity contribution in [2.24, 2.45) is 0 Å². The van der Waals surface area contributed by atoms with E-state index < -0.39 is 0 Å². The van der Waals surface area contributed by atoms with Gasteiger partial charge in [0.25, 0.3) is 0 Å². The van der Waals surface area contributed by atoms with Crippen molar-refractivity contribution in [2.45, 2.75) is 25.7 Å². The minimum atomic E-state index is 1.07. The quantitative estimate of drug-likeness (QED) is 0.383. The highest BCUT2D eigenvalue weighted by Gasteiger charge is 2.16. The summed E-state index contributed by atoms with van der Waals surface area (Å²) in [5, 5.41) is 0. The minimum Gasteiger partial charge on any atom is -0.357 e. The Morgan fingerprint density at radius 3 is 1.40 bits per heavy atom. The van der Waals surface area contributed by atoms with Crippen LogP contribution in [0.4, 0.5) is 0 Å². The molecule has 2 heterocycles. The van der Waals surface area contributed by atoms with Crippen molar-refractivity contribution in [3.8, 4) is 0 Å². The first-order valence-corrected chi connectivity index (χ1v) is 12.4. The second-order valence-electron chi connectivity index (χ2n) is 4.73. The minimum absolute atomic E-state index is 1.07. The van der Waals surface area contributed by atoms with Gasteiger partial charge in [-0.2, -0.15) is 0 Å². The van der Waals surface area contributed by atoms with E-state index in [9.17, 15) is 0 Å². The van der Waals surface area contributed by atoms with Crippen LogP contribution in [0.3, 0.4) is 0 Å². The van der Waals surface area contributed by atoms with Crippen LogP contribution in [0, 0.1) is 0 Å². The van der Waals surface area contributed by atoms with Crippen molar-refractivity contribution in [1.29, 1.82) is 0 Å². The van der Waals surface area contributed by atoms with Gasteiger partial charge in [0.05, 0.1) is 0 Å². The summed E-state index contributed by atoms with van der Waals surface area (Å²) in [4.78, 5) is 4.66. The van der Waals surface area contributed by atoms with Crippen molar-refractivity contribution in [2.75, 3.05) is 37.7 Å². The average molecular weight is 385 g/mol. The smallest absolute Gasteiger partial charge is 0.147 e. The van der Waals surface area contributed by atoms with Crippen molar-refractivity contribution < 1.29 is 0 Å². The Labute approximate surface area is 148 Å². The van der Waals surface area contributed by atoms with Crippen molar-refractivity contribution in [3.63, 3.8) is 0 Å². The van der Waals surface area contributed by atoms with Crippen molar-refractivity contribution in [1.82, 2.24) is 9.80 Å². The summed E-state index contributed by atoms with van der Waals surface area (Å²) >= 11 is 10.9. The third-order valence-electron chi connectivity index (χ3n) is 3.24. The molecule has 2 fully saturated rings. The van der Waals surface area contributed by atoms with Crippen molar-refractivity contribution >= 4 is 76.3 Å². The maximum Gasteiger partial charge on any atom is 0.147 e. The van der Waals surface area contributed by atoms with E-state index in [0.717, 1.165) is 46.3 Å². The molecule has 0 aromatic rings. The molecule has 20 heavy (non-hydrogen) atoms. The first-order chi connectivity index (χ1) is 9.77. The summed E-state index contributed by atoms with van der Waals surface area (Å²) in [5.41, 5.74) is 0. The molecular formula is C12H20N2S6. The molecule has 2 rings (SSSR count). The molecule has 2 aliphatic heterocycles. The third kappa shape index (κ3) is 6.12. The summed E-state index contributed by atoms with van der Waals surface area (Å²) < 4.78 is 2.13. The van der Waals surface area contributed by atoms with Crippen LogP contribution in [0.25, 0.3) is 0 Å². The molecule has 0 unspecified atom stereocenters. The number of thiocarbonyl (C=S) groups is 2. The van der Waals surface area contributed by atoms with Crippen molar-refractivity contribution in [3.05, 3.63) is 0 Å². The van der Waals surface area contributed by atoms with Crippen LogP contribution < -0.4 is 0 Å². The van der Waals surface area contributed by atoms with E-state index in [0.29, 0.717) is 0 Å². The van der Waals surface area contributed by atoms with Crippen LogP contribution in [0.15, 0.2) is 0 Å². The molecule has 0 amide bonds. The summed E-state index contributed by atoms with van der Waals surface area (Å²) in [5.74, 6) is 2.25. The molecule has 0 radical (unpaired) electrons. The number of nitrogens with zero attached hydrogens (tertiary/aromatic N) is 2. The molecule has 0 aromatic heterocycles. The maximum absolute atomic E-state index is 5.43. The highest BCUT2D eigenvalue weighted by Crippen LogP contribution is 2.31. The summed E-state index contributed by atoms with van der Waals surface area (Å²) in [7, 11) is 7.28. The highest BCUT2D eigenvalue weighted by molar-refractivity contribution is 8.85. The molecule has 114 valence electrons. The fourth-order valence-electron chi connectivity index (χ4n) is 2.16. The Bertz CT molecular complexity index is 294. The van der Waals surface area contributed by atoms with Crippen LogP contribution in [0.1, 0.15) is 25.7 Å². The van der Waals surface area contributed by atoms with Gasteiger partial charge in [-0.1, -0.05) is 46.0 Å². The zero-order valence-electron chi connectivity index (χ0n) is 11.4. The van der Waals surface area contributed by atoms with Crippen LogP contribution >= 0.6 is 67.6 Å². The lowest BCUT2D eigenvalue weighted by molar-refractivity contribution is 0.539. The van der Waals surface area contributed by atoms with Gasteiger partial charge in [0, 0.05) is 37.7 Å². The molecule has 0 aliphatic carbocycles. The van der Waals surface area contributed by atoms with E-state index >= 15 is 0 Å². The van der Waals surface area contributed by atoms with E-state index in [1.165, 1.54) is 25.7 Å². The van der Waals surface area contributed by atoms with Gasteiger partial charge in [0.15, 0.2) is 0 Å². The molecule has 0 saturated carbocycles. The van der Waals surface area contributed by atoms with Gasteiger partial charge in [0.2, 0.25) is 0 Å². The molecular weight excluding hydrogens is 365 g/mol. The van der Waals surface area contributed by atoms with E-state index in [1.54, 1.807) is 21.6 Å². The summed E-state index contributed by atoms with van der Waals surface area (Å²) in [6.07, 6.45) is 5.19. The topological polar surface area (TPSA) is 6.48 Å². The van der Waals surface area contributed by atoms with E-state index in [-0.39, 0.29) is 0 Å². The number of hydrogen-bond acceptors (Lipinski definition) is 6. The average Bonchev–Trinajstić information content (AvgIpc) is 3.14.